The van der Waals surface area contributed by atoms with Crippen LogP contribution in [0.4, 0.5) is 4.39 Å². The second kappa shape index (κ2) is 10.6. The number of hydrogen-bond acceptors (Lipinski definition) is 7. The summed E-state index contributed by atoms with van der Waals surface area (Å²) in [5, 5.41) is 16.4. The molecule has 3 rings (SSSR count). The fourth-order valence-corrected chi connectivity index (χ4v) is 3.98. The van der Waals surface area contributed by atoms with Crippen LogP contribution in [0, 0.1) is 29.4 Å². The number of aromatic hydroxyl groups is 1. The molecule has 2 aliphatic heterocycles. The first-order valence-corrected chi connectivity index (χ1v) is 9.51. The topological polar surface area (TPSA) is 89.0 Å². The Bertz CT molecular complexity index is 626. The van der Waals surface area contributed by atoms with E-state index in [9.17, 15) is 14.4 Å². The fourth-order valence-electron chi connectivity index (χ4n) is 3.98. The van der Waals surface area contributed by atoms with Gasteiger partial charge in [0.15, 0.2) is 0 Å². The summed E-state index contributed by atoms with van der Waals surface area (Å²) in [6.07, 6.45) is 3.07. The maximum absolute atomic E-state index is 14.4. The van der Waals surface area contributed by atoms with Gasteiger partial charge in [-0.15, -0.1) is 12.1 Å². The zero-order valence-corrected chi connectivity index (χ0v) is 18.6. The van der Waals surface area contributed by atoms with Crippen molar-refractivity contribution in [1.82, 2.24) is 21.1 Å². The van der Waals surface area contributed by atoms with Gasteiger partial charge in [-0.25, -0.2) is 0 Å². The summed E-state index contributed by atoms with van der Waals surface area (Å²) in [4.78, 5) is 12.7. The minimum Gasteiger partial charge on any atom is -0.565 e. The van der Waals surface area contributed by atoms with Crippen LogP contribution in [-0.2, 0) is 19.8 Å². The molecule has 7 nitrogen and oxygen atoms in total. The van der Waals surface area contributed by atoms with Crippen molar-refractivity contribution in [2.75, 3.05) is 32.7 Å². The molecule has 2 saturated heterocycles. The molecular weight excluding hydrogens is 539 g/mol. The molecule has 156 valence electrons. The van der Waals surface area contributed by atoms with E-state index in [4.69, 9.17) is 0 Å². The van der Waals surface area contributed by atoms with Crippen LogP contribution in [0.3, 0.4) is 0 Å². The average molecular weight is 568 g/mol. The second-order valence-electron chi connectivity index (χ2n) is 7.57. The molecule has 0 aromatic heterocycles. The number of nitroso groups, excluding NO2 is 1. The molecule has 9 heteroatoms. The van der Waals surface area contributed by atoms with Gasteiger partial charge in [-0.1, -0.05) is 29.8 Å². The van der Waals surface area contributed by atoms with E-state index in [1.807, 2.05) is 13.6 Å². The van der Waals surface area contributed by atoms with Crippen LogP contribution < -0.4 is 16.2 Å². The number of phenolic OH excluding ortho intramolecular Hbond substituents is 1. The van der Waals surface area contributed by atoms with Gasteiger partial charge in [0, 0.05) is 17.5 Å². The quantitative estimate of drug-likeness (QED) is 0.158. The third kappa shape index (κ3) is 5.49. The number of rotatable bonds is 9. The van der Waals surface area contributed by atoms with Gasteiger partial charge >= 0.3 is 19.8 Å². The molecule has 28 heavy (non-hydrogen) atoms. The average Bonchev–Trinajstić information content (AvgIpc) is 2.64. The van der Waals surface area contributed by atoms with Crippen LogP contribution in [0.2, 0.25) is 0 Å². The van der Waals surface area contributed by atoms with Crippen molar-refractivity contribution in [3.63, 3.8) is 0 Å². The monoisotopic (exact) mass is 569 g/mol. The van der Waals surface area contributed by atoms with Crippen molar-refractivity contribution in [3.8, 4) is 5.75 Å². The van der Waals surface area contributed by atoms with E-state index in [1.165, 1.54) is 31.5 Å². The van der Waals surface area contributed by atoms with Crippen LogP contribution in [0.25, 0.3) is 0 Å². The zero-order valence-electron chi connectivity index (χ0n) is 16.0. The Balaban J connectivity index is 0.00000280. The minimum atomic E-state index is -0.541. The molecule has 4 N–H and O–H groups in total. The normalized spacial score (nSPS) is 19.5. The van der Waals surface area contributed by atoms with E-state index in [2.05, 4.69) is 26.2 Å². The van der Waals surface area contributed by atoms with Crippen LogP contribution in [0.1, 0.15) is 43.2 Å². The number of hydrazine groups is 1. The first-order chi connectivity index (χ1) is 13.1. The molecule has 2 fully saturated rings. The zero-order chi connectivity index (χ0) is 19.3. The number of halogens is 1. The molecule has 2 aliphatic rings. The van der Waals surface area contributed by atoms with Crippen molar-refractivity contribution in [3.05, 3.63) is 47.2 Å². The molecular formula is C19H28FN5O2Os. The number of nitrogens with zero attached hydrogens (tertiary/aromatic N) is 2. The molecule has 1 aromatic rings. The molecule has 0 saturated carbocycles. The van der Waals surface area contributed by atoms with Crippen molar-refractivity contribution in [2.24, 2.45) is 10.6 Å². The summed E-state index contributed by atoms with van der Waals surface area (Å²) in [6.45, 7) is 9.44. The van der Waals surface area contributed by atoms with Crippen molar-refractivity contribution >= 4 is 0 Å². The van der Waals surface area contributed by atoms with E-state index in [1.54, 1.807) is 0 Å². The Labute approximate surface area is 178 Å². The Kier molecular flexibility index (Phi) is 8.78. The number of benzene rings is 1. The fraction of sp³-hybridized carbons (Fsp3) is 0.579. The van der Waals surface area contributed by atoms with Crippen LogP contribution in [0.5, 0.6) is 5.75 Å². The van der Waals surface area contributed by atoms with Gasteiger partial charge in [-0.3, -0.25) is 4.39 Å². The molecule has 0 aliphatic carbocycles. The molecule has 1 spiro atoms. The summed E-state index contributed by atoms with van der Waals surface area (Å²) in [5.74, 6) is -0.896. The summed E-state index contributed by atoms with van der Waals surface area (Å²) in [7, 11) is 0. The van der Waals surface area contributed by atoms with Crippen LogP contribution in [0.15, 0.2) is 17.3 Å². The molecule has 1 atom stereocenters. The SMILES string of the molecule is CCC(CN=O)c1cc(O)c([CH-]NN[CH-]N2CC3(CCNCC3)C2)c(F)c1.[Os+2]. The number of phenols is 1. The third-order valence-corrected chi connectivity index (χ3v) is 5.68. The molecule has 1 unspecified atom stereocenters. The third-order valence-electron chi connectivity index (χ3n) is 5.68. The molecule has 0 bridgehead atoms. The Morgan fingerprint density at radius 3 is 2.68 bits per heavy atom. The molecule has 2 heterocycles. The summed E-state index contributed by atoms with van der Waals surface area (Å²) < 4.78 is 14.4. The number of likely N-dealkylation sites (tertiary alicyclic amines) is 1. The summed E-state index contributed by atoms with van der Waals surface area (Å²) in [6, 6.07) is 2.85. The van der Waals surface area contributed by atoms with Gasteiger partial charge in [0.2, 0.25) is 0 Å². The standard InChI is InChI=1S/C19H28FN5O2.Os/c1-2-14(9-24-27)15-7-17(20)16(18(26)8-15)10-22-23-13-25-11-19(12-25)3-5-21-6-4-19;/h7-8,10,13-14,21-23,26H,2-6,9,11-12H2,1H3;/q-2;+2. The van der Waals surface area contributed by atoms with Crippen LogP contribution >= 0.6 is 0 Å². The Morgan fingerprint density at radius 2 is 2.07 bits per heavy atom. The number of piperidine rings is 1. The van der Waals surface area contributed by atoms with Gasteiger partial charge in [0.25, 0.3) is 0 Å². The maximum atomic E-state index is 14.4. The van der Waals surface area contributed by atoms with Gasteiger partial charge in [0.05, 0.1) is 6.54 Å². The first kappa shape index (κ1) is 23.2. The van der Waals surface area contributed by atoms with Gasteiger partial charge in [-0.05, 0) is 50.9 Å². The van der Waals surface area contributed by atoms with Crippen LogP contribution in [-0.4, -0.2) is 42.7 Å². The predicted molar refractivity (Wildman–Crippen MR) is 102 cm³/mol. The van der Waals surface area contributed by atoms with E-state index >= 15 is 0 Å². The number of hydrogen-bond donors (Lipinski definition) is 4. The summed E-state index contributed by atoms with van der Waals surface area (Å²) >= 11 is 0. The van der Waals surface area contributed by atoms with Crippen molar-refractivity contribution in [2.45, 2.75) is 32.1 Å². The second-order valence-corrected chi connectivity index (χ2v) is 7.57. The predicted octanol–water partition coefficient (Wildman–Crippen LogP) is 2.20. The Hall–Kier alpha value is -1.10. The molecule has 0 amide bonds. The Morgan fingerprint density at radius 1 is 1.36 bits per heavy atom. The van der Waals surface area contributed by atoms with E-state index in [-0.39, 0.29) is 43.6 Å². The summed E-state index contributed by atoms with van der Waals surface area (Å²) in [5.41, 5.74) is 6.84. The molecule has 0 radical (unpaired) electrons. The maximum Gasteiger partial charge on any atom is 2.00 e. The van der Waals surface area contributed by atoms with Gasteiger partial charge in [-0.2, -0.15) is 11.6 Å². The van der Waals surface area contributed by atoms with E-state index in [0.717, 1.165) is 26.2 Å². The number of nitrogens with one attached hydrogen (secondary N) is 3. The van der Waals surface area contributed by atoms with Crippen molar-refractivity contribution in [1.29, 1.82) is 0 Å². The minimum absolute atomic E-state index is 0. The van der Waals surface area contributed by atoms with Crippen molar-refractivity contribution < 1.29 is 29.3 Å². The van der Waals surface area contributed by atoms with Gasteiger partial charge < -0.3 is 26.2 Å². The largest absolute Gasteiger partial charge is 2.00 e. The first-order valence-electron chi connectivity index (χ1n) is 9.51. The van der Waals surface area contributed by atoms with E-state index in [0.29, 0.717) is 17.4 Å². The van der Waals surface area contributed by atoms with E-state index < -0.39 is 5.82 Å². The smallest absolute Gasteiger partial charge is 0.565 e. The molecule has 1 aromatic carbocycles. The van der Waals surface area contributed by atoms with Gasteiger partial charge in [0.1, 0.15) is 0 Å².